The van der Waals surface area contributed by atoms with Gasteiger partial charge in [0.2, 0.25) is 0 Å². The van der Waals surface area contributed by atoms with Gasteiger partial charge in [-0.15, -0.1) is 0 Å². The number of rotatable bonds is 14. The van der Waals surface area contributed by atoms with E-state index in [9.17, 15) is 14.9 Å². The Morgan fingerprint density at radius 2 is 1.77 bits per heavy atom. The highest BCUT2D eigenvalue weighted by Crippen LogP contribution is 2.28. The van der Waals surface area contributed by atoms with Gasteiger partial charge in [0.1, 0.15) is 0 Å². The van der Waals surface area contributed by atoms with E-state index in [1.807, 2.05) is 0 Å². The highest BCUT2D eigenvalue weighted by Gasteiger charge is 2.30. The molecule has 1 aliphatic rings. The molecule has 0 amide bonds. The number of anilines is 1. The SMILES string of the molecule is CCCCCCCCCCCCOC1=NN(c2ccc([N+](=O)[O-])c(C)c2)C(C=O)O1. The normalized spacial score (nSPS) is 15.6. The molecule has 0 aromatic heterocycles. The molecule has 30 heavy (non-hydrogen) atoms. The molecule has 0 radical (unpaired) electrons. The Labute approximate surface area is 178 Å². The third-order valence-corrected chi connectivity index (χ3v) is 5.13. The Hall–Kier alpha value is -2.64. The number of carbonyl (C=O) groups is 1. The van der Waals surface area contributed by atoms with Crippen LogP contribution < -0.4 is 5.01 Å². The van der Waals surface area contributed by atoms with E-state index in [-0.39, 0.29) is 11.8 Å². The van der Waals surface area contributed by atoms with Crippen LogP contribution in [0, 0.1) is 17.0 Å². The zero-order valence-corrected chi connectivity index (χ0v) is 18.0. The molecule has 1 aromatic carbocycles. The minimum atomic E-state index is -0.937. The number of hydrogen-bond donors (Lipinski definition) is 0. The Morgan fingerprint density at radius 1 is 1.13 bits per heavy atom. The molecule has 1 heterocycles. The molecule has 1 unspecified atom stereocenters. The molecule has 1 atom stereocenters. The Morgan fingerprint density at radius 3 is 2.33 bits per heavy atom. The molecule has 0 aliphatic carbocycles. The van der Waals surface area contributed by atoms with Crippen molar-refractivity contribution >= 4 is 23.7 Å². The first-order valence-electron chi connectivity index (χ1n) is 10.9. The highest BCUT2D eigenvalue weighted by molar-refractivity contribution is 5.78. The fourth-order valence-electron chi connectivity index (χ4n) is 3.41. The van der Waals surface area contributed by atoms with Gasteiger partial charge in [0, 0.05) is 11.6 Å². The summed E-state index contributed by atoms with van der Waals surface area (Å²) in [4.78, 5) is 21.9. The summed E-state index contributed by atoms with van der Waals surface area (Å²) in [6.07, 6.45) is 12.1. The molecular weight excluding hydrogens is 386 g/mol. The number of ether oxygens (including phenoxy) is 2. The van der Waals surface area contributed by atoms with Crippen LogP contribution in [0.2, 0.25) is 0 Å². The topological polar surface area (TPSA) is 94.3 Å². The lowest BCUT2D eigenvalue weighted by molar-refractivity contribution is -0.385. The number of nitro benzene ring substituents is 1. The van der Waals surface area contributed by atoms with E-state index < -0.39 is 11.2 Å². The molecule has 166 valence electrons. The minimum Gasteiger partial charge on any atom is -0.449 e. The van der Waals surface area contributed by atoms with Crippen LogP contribution in [-0.2, 0) is 14.3 Å². The van der Waals surface area contributed by atoms with E-state index >= 15 is 0 Å². The molecule has 2 rings (SSSR count). The van der Waals surface area contributed by atoms with Gasteiger partial charge in [-0.1, -0.05) is 69.8 Å². The lowest BCUT2D eigenvalue weighted by atomic mass is 10.1. The molecule has 0 spiro atoms. The minimum absolute atomic E-state index is 0.0166. The first-order valence-corrected chi connectivity index (χ1v) is 10.9. The average molecular weight is 420 g/mol. The molecule has 1 aliphatic heterocycles. The molecular formula is C22H33N3O5. The molecule has 0 fully saturated rings. The van der Waals surface area contributed by atoms with Gasteiger partial charge < -0.3 is 9.47 Å². The van der Waals surface area contributed by atoms with Crippen LogP contribution in [0.25, 0.3) is 0 Å². The highest BCUT2D eigenvalue weighted by atomic mass is 16.7. The van der Waals surface area contributed by atoms with Gasteiger partial charge in [-0.25, -0.2) is 5.01 Å². The third kappa shape index (κ3) is 7.31. The number of carbonyl (C=O) groups excluding carboxylic acids is 1. The molecule has 0 bridgehead atoms. The summed E-state index contributed by atoms with van der Waals surface area (Å²) in [5, 5.41) is 16.6. The van der Waals surface area contributed by atoms with Gasteiger partial charge in [0.25, 0.3) is 11.9 Å². The predicted octanol–water partition coefficient (Wildman–Crippen LogP) is 5.47. The Bertz CT molecular complexity index is 723. The summed E-state index contributed by atoms with van der Waals surface area (Å²) in [5.41, 5.74) is 1.03. The summed E-state index contributed by atoms with van der Waals surface area (Å²) in [5.74, 6) is 0. The lowest BCUT2D eigenvalue weighted by Crippen LogP contribution is -2.29. The van der Waals surface area contributed by atoms with Crippen LogP contribution >= 0.6 is 0 Å². The van der Waals surface area contributed by atoms with Gasteiger partial charge in [0.15, 0.2) is 6.29 Å². The second-order valence-corrected chi connectivity index (χ2v) is 7.61. The van der Waals surface area contributed by atoms with Gasteiger partial charge in [-0.3, -0.25) is 14.9 Å². The second kappa shape index (κ2) is 12.8. The van der Waals surface area contributed by atoms with E-state index in [4.69, 9.17) is 9.47 Å². The van der Waals surface area contributed by atoms with Crippen LogP contribution in [0.5, 0.6) is 0 Å². The van der Waals surface area contributed by atoms with Crippen molar-refractivity contribution in [1.82, 2.24) is 0 Å². The molecule has 1 aromatic rings. The molecule has 8 nitrogen and oxygen atoms in total. The summed E-state index contributed by atoms with van der Waals surface area (Å²) in [6.45, 7) is 4.35. The fourth-order valence-corrected chi connectivity index (χ4v) is 3.41. The van der Waals surface area contributed by atoms with E-state index in [0.717, 1.165) is 12.8 Å². The summed E-state index contributed by atoms with van der Waals surface area (Å²) in [7, 11) is 0. The largest absolute Gasteiger partial charge is 0.449 e. The average Bonchev–Trinajstić information content (AvgIpc) is 3.15. The van der Waals surface area contributed by atoms with Crippen molar-refractivity contribution in [3.8, 4) is 0 Å². The monoisotopic (exact) mass is 419 g/mol. The van der Waals surface area contributed by atoms with Gasteiger partial charge in [0.05, 0.1) is 17.2 Å². The number of hydrogen-bond acceptors (Lipinski definition) is 7. The molecule has 8 heteroatoms. The van der Waals surface area contributed by atoms with Crippen molar-refractivity contribution in [2.75, 3.05) is 11.6 Å². The third-order valence-electron chi connectivity index (χ3n) is 5.13. The van der Waals surface area contributed by atoms with E-state index in [2.05, 4.69) is 12.0 Å². The van der Waals surface area contributed by atoms with Crippen molar-refractivity contribution in [2.45, 2.75) is 84.3 Å². The fraction of sp³-hybridized carbons (Fsp3) is 0.636. The van der Waals surface area contributed by atoms with Crippen molar-refractivity contribution < 1.29 is 19.2 Å². The maximum absolute atomic E-state index is 11.4. The standard InChI is InChI=1S/C22H33N3O5/c1-3-4-5-6-7-8-9-10-11-12-15-29-22-23-24(21(17-26)30-22)19-13-14-20(25(27)28)18(2)16-19/h13-14,16-17,21H,3-12,15H2,1-2H3. The smallest absolute Gasteiger partial charge is 0.408 e. The molecule has 0 saturated carbocycles. The van der Waals surface area contributed by atoms with Gasteiger partial charge in [-0.05, 0) is 25.5 Å². The zero-order chi connectivity index (χ0) is 21.8. The van der Waals surface area contributed by atoms with Crippen LogP contribution in [0.4, 0.5) is 11.4 Å². The van der Waals surface area contributed by atoms with E-state index in [1.54, 1.807) is 19.1 Å². The van der Waals surface area contributed by atoms with E-state index in [0.29, 0.717) is 24.1 Å². The first-order chi connectivity index (χ1) is 14.6. The maximum atomic E-state index is 11.4. The first kappa shape index (κ1) is 23.6. The van der Waals surface area contributed by atoms with Crippen LogP contribution in [0.15, 0.2) is 23.3 Å². The summed E-state index contributed by atoms with van der Waals surface area (Å²) < 4.78 is 11.0. The second-order valence-electron chi connectivity index (χ2n) is 7.61. The number of benzene rings is 1. The number of unbranched alkanes of at least 4 members (excludes halogenated alkanes) is 9. The number of aryl methyl sites for hydroxylation is 1. The van der Waals surface area contributed by atoms with Crippen molar-refractivity contribution in [3.63, 3.8) is 0 Å². The quantitative estimate of drug-likeness (QED) is 0.172. The lowest BCUT2D eigenvalue weighted by Gasteiger charge is -2.16. The summed E-state index contributed by atoms with van der Waals surface area (Å²) >= 11 is 0. The van der Waals surface area contributed by atoms with Crippen LogP contribution in [0.1, 0.15) is 76.7 Å². The number of nitro groups is 1. The van der Waals surface area contributed by atoms with Crippen LogP contribution in [-0.4, -0.2) is 30.1 Å². The molecule has 0 N–H and O–H groups in total. The van der Waals surface area contributed by atoms with E-state index in [1.165, 1.54) is 62.4 Å². The van der Waals surface area contributed by atoms with Crippen LogP contribution in [0.3, 0.4) is 0 Å². The van der Waals surface area contributed by atoms with Crippen molar-refractivity contribution in [2.24, 2.45) is 5.10 Å². The van der Waals surface area contributed by atoms with Crippen molar-refractivity contribution in [3.05, 3.63) is 33.9 Å². The number of nitrogens with zero attached hydrogens (tertiary/aromatic N) is 3. The van der Waals surface area contributed by atoms with Crippen molar-refractivity contribution in [1.29, 1.82) is 0 Å². The van der Waals surface area contributed by atoms with Gasteiger partial charge in [-0.2, -0.15) is 0 Å². The Kier molecular flexibility index (Phi) is 10.1. The zero-order valence-electron chi connectivity index (χ0n) is 18.0. The maximum Gasteiger partial charge on any atom is 0.408 e. The molecule has 0 saturated heterocycles. The number of hydrazone groups is 1. The van der Waals surface area contributed by atoms with Gasteiger partial charge >= 0.3 is 6.08 Å². The number of aldehydes is 1. The predicted molar refractivity (Wildman–Crippen MR) is 116 cm³/mol. The Balaban J connectivity index is 1.71. The summed E-state index contributed by atoms with van der Waals surface area (Å²) in [6, 6.07) is 4.54.